The maximum absolute atomic E-state index is 12.8. The predicted octanol–water partition coefficient (Wildman–Crippen LogP) is 3.76. The van der Waals surface area contributed by atoms with Crippen molar-refractivity contribution in [2.24, 2.45) is 0 Å². The van der Waals surface area contributed by atoms with Gasteiger partial charge in [0.25, 0.3) is 0 Å². The summed E-state index contributed by atoms with van der Waals surface area (Å²) in [5.41, 5.74) is 0. The van der Waals surface area contributed by atoms with Crippen molar-refractivity contribution in [3.05, 3.63) is 13.7 Å². The quantitative estimate of drug-likeness (QED) is 0.652. The van der Waals surface area contributed by atoms with Crippen LogP contribution in [0.5, 0.6) is 0 Å². The molecule has 0 bridgehead atoms. The van der Waals surface area contributed by atoms with E-state index in [4.69, 9.17) is 4.74 Å². The van der Waals surface area contributed by atoms with E-state index < -0.39 is 0 Å². The number of hydrogen-bond acceptors (Lipinski definition) is 3. The van der Waals surface area contributed by atoms with Gasteiger partial charge in [-0.05, 0) is 68.1 Å². The minimum absolute atomic E-state index is 0.0625. The zero-order chi connectivity index (χ0) is 15.7. The first kappa shape index (κ1) is 17.4. The standard InChI is InChI=1S/C13H18Br3N3O2/c1-4-9-5-18(7(2)6-21-9)13(20)8(3)19-12(16)10(14)11(15)17-19/h7-9H,4-6H2,1-3H3. The van der Waals surface area contributed by atoms with Gasteiger partial charge in [-0.1, -0.05) is 6.92 Å². The Labute approximate surface area is 149 Å². The number of rotatable bonds is 3. The first-order valence-electron chi connectivity index (χ1n) is 6.87. The predicted molar refractivity (Wildman–Crippen MR) is 91.2 cm³/mol. The Hall–Kier alpha value is 0.0800. The fourth-order valence-electron chi connectivity index (χ4n) is 2.34. The van der Waals surface area contributed by atoms with Crippen LogP contribution in [0, 0.1) is 0 Å². The number of carbonyl (C=O) groups excluding carboxylic acids is 1. The van der Waals surface area contributed by atoms with Crippen LogP contribution in [0.25, 0.3) is 0 Å². The van der Waals surface area contributed by atoms with Crippen LogP contribution in [0.3, 0.4) is 0 Å². The third-order valence-corrected chi connectivity index (χ3v) is 6.86. The molecular formula is C13H18Br3N3O2. The normalized spacial score (nSPS) is 24.2. The fourth-order valence-corrected chi connectivity index (χ4v) is 3.80. The largest absolute Gasteiger partial charge is 0.374 e. The van der Waals surface area contributed by atoms with Gasteiger partial charge in [0.1, 0.15) is 15.2 Å². The number of hydrogen-bond donors (Lipinski definition) is 0. The highest BCUT2D eigenvalue weighted by molar-refractivity contribution is 9.14. The topological polar surface area (TPSA) is 47.4 Å². The number of halogens is 3. The number of nitrogens with zero attached hydrogens (tertiary/aromatic N) is 3. The first-order chi connectivity index (χ1) is 9.86. The molecule has 1 saturated heterocycles. The van der Waals surface area contributed by atoms with E-state index in [1.165, 1.54) is 0 Å². The average Bonchev–Trinajstić information content (AvgIpc) is 2.74. The summed E-state index contributed by atoms with van der Waals surface area (Å²) in [4.78, 5) is 14.7. The molecule has 1 amide bonds. The lowest BCUT2D eigenvalue weighted by atomic mass is 10.1. The van der Waals surface area contributed by atoms with Crippen LogP contribution in [-0.4, -0.2) is 45.9 Å². The van der Waals surface area contributed by atoms with Crippen molar-refractivity contribution in [3.63, 3.8) is 0 Å². The number of carbonyl (C=O) groups is 1. The SMILES string of the molecule is CCC1CN(C(=O)C(C)n2nc(Br)c(Br)c2Br)C(C)CO1. The Morgan fingerprint density at radius 1 is 1.48 bits per heavy atom. The molecule has 1 aromatic rings. The molecule has 1 aliphatic rings. The summed E-state index contributed by atoms with van der Waals surface area (Å²) in [6.45, 7) is 7.18. The molecule has 1 aliphatic heterocycles. The van der Waals surface area contributed by atoms with Gasteiger partial charge in [-0.2, -0.15) is 5.10 Å². The fraction of sp³-hybridized carbons (Fsp3) is 0.692. The molecule has 118 valence electrons. The van der Waals surface area contributed by atoms with Gasteiger partial charge in [0.2, 0.25) is 5.91 Å². The van der Waals surface area contributed by atoms with Gasteiger partial charge < -0.3 is 9.64 Å². The van der Waals surface area contributed by atoms with E-state index in [2.05, 4.69) is 59.8 Å². The lowest BCUT2D eigenvalue weighted by Crippen LogP contribution is -2.52. The molecule has 0 saturated carbocycles. The van der Waals surface area contributed by atoms with Crippen LogP contribution in [-0.2, 0) is 9.53 Å². The summed E-state index contributed by atoms with van der Waals surface area (Å²) in [5, 5.41) is 4.35. The number of aromatic nitrogens is 2. The van der Waals surface area contributed by atoms with Crippen LogP contribution in [0.4, 0.5) is 0 Å². The van der Waals surface area contributed by atoms with Crippen LogP contribution < -0.4 is 0 Å². The number of amides is 1. The molecule has 21 heavy (non-hydrogen) atoms. The summed E-state index contributed by atoms with van der Waals surface area (Å²) in [5.74, 6) is 0.0625. The zero-order valence-corrected chi connectivity index (χ0v) is 16.9. The van der Waals surface area contributed by atoms with E-state index in [1.807, 2.05) is 18.7 Å². The molecule has 0 N–H and O–H groups in total. The van der Waals surface area contributed by atoms with E-state index >= 15 is 0 Å². The lowest BCUT2D eigenvalue weighted by molar-refractivity contribution is -0.147. The molecule has 0 spiro atoms. The second-order valence-electron chi connectivity index (χ2n) is 5.22. The molecule has 0 aromatic carbocycles. The van der Waals surface area contributed by atoms with E-state index in [0.29, 0.717) is 17.8 Å². The van der Waals surface area contributed by atoms with Gasteiger partial charge in [-0.3, -0.25) is 4.79 Å². The molecule has 2 rings (SSSR count). The molecule has 2 heterocycles. The minimum Gasteiger partial charge on any atom is -0.374 e. The van der Waals surface area contributed by atoms with Crippen molar-refractivity contribution < 1.29 is 9.53 Å². The van der Waals surface area contributed by atoms with E-state index in [-0.39, 0.29) is 24.1 Å². The van der Waals surface area contributed by atoms with Crippen LogP contribution in [0.15, 0.2) is 13.7 Å². The molecule has 1 fully saturated rings. The Kier molecular flexibility index (Phi) is 5.90. The molecular weight excluding hydrogens is 470 g/mol. The number of morpholine rings is 1. The highest BCUT2D eigenvalue weighted by atomic mass is 79.9. The van der Waals surface area contributed by atoms with E-state index in [9.17, 15) is 4.79 Å². The Morgan fingerprint density at radius 3 is 2.67 bits per heavy atom. The van der Waals surface area contributed by atoms with E-state index in [1.54, 1.807) is 4.68 Å². The van der Waals surface area contributed by atoms with Crippen molar-refractivity contribution in [1.29, 1.82) is 0 Å². The van der Waals surface area contributed by atoms with Crippen molar-refractivity contribution in [1.82, 2.24) is 14.7 Å². The van der Waals surface area contributed by atoms with Crippen molar-refractivity contribution in [3.8, 4) is 0 Å². The minimum atomic E-state index is -0.375. The molecule has 5 nitrogen and oxygen atoms in total. The summed E-state index contributed by atoms with van der Waals surface area (Å²) in [6.07, 6.45) is 1.03. The molecule has 0 aliphatic carbocycles. The van der Waals surface area contributed by atoms with Crippen LogP contribution in [0.1, 0.15) is 33.2 Å². The summed E-state index contributed by atoms with van der Waals surface area (Å²) >= 11 is 10.2. The van der Waals surface area contributed by atoms with Gasteiger partial charge >= 0.3 is 0 Å². The molecule has 0 radical (unpaired) electrons. The second kappa shape index (κ2) is 7.10. The lowest BCUT2D eigenvalue weighted by Gasteiger charge is -2.39. The summed E-state index contributed by atoms with van der Waals surface area (Å²) in [7, 11) is 0. The van der Waals surface area contributed by atoms with Crippen molar-refractivity contribution >= 4 is 53.7 Å². The zero-order valence-electron chi connectivity index (χ0n) is 12.1. The Balaban J connectivity index is 2.19. The third-order valence-electron chi connectivity index (χ3n) is 3.73. The third kappa shape index (κ3) is 3.54. The van der Waals surface area contributed by atoms with Crippen molar-refractivity contribution in [2.75, 3.05) is 13.2 Å². The van der Waals surface area contributed by atoms with Gasteiger partial charge in [-0.25, -0.2) is 4.68 Å². The first-order valence-corrected chi connectivity index (χ1v) is 9.25. The van der Waals surface area contributed by atoms with Crippen molar-refractivity contribution in [2.45, 2.75) is 45.4 Å². The summed E-state index contributed by atoms with van der Waals surface area (Å²) in [6, 6.07) is -0.288. The Bertz CT molecular complexity index is 535. The molecule has 1 aromatic heterocycles. The molecule has 8 heteroatoms. The second-order valence-corrected chi connectivity index (χ2v) is 7.51. The van der Waals surface area contributed by atoms with Gasteiger partial charge in [0.05, 0.1) is 23.2 Å². The van der Waals surface area contributed by atoms with Gasteiger partial charge in [-0.15, -0.1) is 0 Å². The highest BCUT2D eigenvalue weighted by Gasteiger charge is 2.33. The average molecular weight is 488 g/mol. The maximum Gasteiger partial charge on any atom is 0.247 e. The monoisotopic (exact) mass is 485 g/mol. The molecule has 3 unspecified atom stereocenters. The number of ether oxygens (including phenoxy) is 1. The highest BCUT2D eigenvalue weighted by Crippen LogP contribution is 2.33. The van der Waals surface area contributed by atoms with Crippen LogP contribution in [0.2, 0.25) is 0 Å². The van der Waals surface area contributed by atoms with Gasteiger partial charge in [0, 0.05) is 6.54 Å². The maximum atomic E-state index is 12.8. The van der Waals surface area contributed by atoms with E-state index in [0.717, 1.165) is 15.5 Å². The Morgan fingerprint density at radius 2 is 2.14 bits per heavy atom. The molecule has 3 atom stereocenters. The van der Waals surface area contributed by atoms with Gasteiger partial charge in [0.15, 0.2) is 0 Å². The smallest absolute Gasteiger partial charge is 0.247 e. The summed E-state index contributed by atoms with van der Waals surface area (Å²) < 4.78 is 9.63. The van der Waals surface area contributed by atoms with Crippen LogP contribution >= 0.6 is 47.8 Å².